The van der Waals surface area contributed by atoms with Crippen molar-refractivity contribution in [3.63, 3.8) is 0 Å². The quantitative estimate of drug-likeness (QED) is 0.732. The molecule has 0 radical (unpaired) electrons. The van der Waals surface area contributed by atoms with Crippen LogP contribution >= 0.6 is 0 Å². The average Bonchev–Trinajstić information content (AvgIpc) is 2.98. The van der Waals surface area contributed by atoms with Gasteiger partial charge in [0.05, 0.1) is 11.5 Å². The molecule has 1 aromatic carbocycles. The fourth-order valence-electron chi connectivity index (χ4n) is 1.99. The van der Waals surface area contributed by atoms with Gasteiger partial charge in [-0.15, -0.1) is 0 Å². The summed E-state index contributed by atoms with van der Waals surface area (Å²) in [7, 11) is 0. The molecular weight excluding hydrogens is 194 g/mol. The predicted octanol–water partition coefficient (Wildman–Crippen LogP) is 3.83. The third kappa shape index (κ3) is 2.27. The Kier molecular flexibility index (Phi) is 2.54. The Morgan fingerprint density at radius 2 is 1.75 bits per heavy atom. The third-order valence-electron chi connectivity index (χ3n) is 3.45. The van der Waals surface area contributed by atoms with Crippen molar-refractivity contribution in [1.29, 1.82) is 5.26 Å². The highest BCUT2D eigenvalue weighted by Crippen LogP contribution is 2.47. The van der Waals surface area contributed by atoms with Crippen LogP contribution in [-0.4, -0.2) is 0 Å². The standard InChI is InChI=1S/C15H19N/c1-14(2,3)13-6-4-12(5-7-13)10-15(11-16)8-9-15/h4-7H,8-10H2,1-3H3. The molecule has 1 fully saturated rings. The zero-order valence-electron chi connectivity index (χ0n) is 10.4. The van der Waals surface area contributed by atoms with Crippen LogP contribution in [0.3, 0.4) is 0 Å². The molecule has 1 aliphatic rings. The summed E-state index contributed by atoms with van der Waals surface area (Å²) in [5, 5.41) is 9.05. The van der Waals surface area contributed by atoms with Crippen LogP contribution < -0.4 is 0 Å². The van der Waals surface area contributed by atoms with Crippen molar-refractivity contribution in [2.75, 3.05) is 0 Å². The van der Waals surface area contributed by atoms with E-state index < -0.39 is 0 Å². The third-order valence-corrected chi connectivity index (χ3v) is 3.45. The normalized spacial score (nSPS) is 17.9. The molecule has 0 atom stereocenters. The van der Waals surface area contributed by atoms with Gasteiger partial charge >= 0.3 is 0 Å². The maximum atomic E-state index is 9.05. The lowest BCUT2D eigenvalue weighted by Crippen LogP contribution is -2.11. The predicted molar refractivity (Wildman–Crippen MR) is 66.1 cm³/mol. The van der Waals surface area contributed by atoms with Gasteiger partial charge in [-0.05, 0) is 35.8 Å². The minimum Gasteiger partial charge on any atom is -0.198 e. The highest BCUT2D eigenvalue weighted by molar-refractivity contribution is 5.30. The monoisotopic (exact) mass is 213 g/mol. The van der Waals surface area contributed by atoms with Gasteiger partial charge in [0.15, 0.2) is 0 Å². The average molecular weight is 213 g/mol. The highest BCUT2D eigenvalue weighted by atomic mass is 14.5. The lowest BCUT2D eigenvalue weighted by atomic mass is 9.86. The smallest absolute Gasteiger partial charge is 0.0693 e. The second-order valence-corrected chi connectivity index (χ2v) is 6.02. The summed E-state index contributed by atoms with van der Waals surface area (Å²) in [6.45, 7) is 6.67. The topological polar surface area (TPSA) is 23.8 Å². The first-order chi connectivity index (χ1) is 7.45. The maximum absolute atomic E-state index is 9.05. The van der Waals surface area contributed by atoms with Gasteiger partial charge in [0.1, 0.15) is 0 Å². The molecule has 84 valence electrons. The van der Waals surface area contributed by atoms with Crippen LogP contribution in [0.15, 0.2) is 24.3 Å². The van der Waals surface area contributed by atoms with Gasteiger partial charge in [0.2, 0.25) is 0 Å². The van der Waals surface area contributed by atoms with Crippen LogP contribution in [0.5, 0.6) is 0 Å². The Hall–Kier alpha value is -1.29. The van der Waals surface area contributed by atoms with Crippen molar-refractivity contribution in [3.05, 3.63) is 35.4 Å². The van der Waals surface area contributed by atoms with Gasteiger partial charge in [-0.1, -0.05) is 45.0 Å². The van der Waals surface area contributed by atoms with Crippen molar-refractivity contribution in [2.45, 2.75) is 45.4 Å². The molecule has 1 heteroatoms. The summed E-state index contributed by atoms with van der Waals surface area (Å²) >= 11 is 0. The number of hydrogen-bond donors (Lipinski definition) is 0. The fraction of sp³-hybridized carbons (Fsp3) is 0.533. The first-order valence-electron chi connectivity index (χ1n) is 5.96. The summed E-state index contributed by atoms with van der Waals surface area (Å²) in [4.78, 5) is 0. The van der Waals surface area contributed by atoms with E-state index in [4.69, 9.17) is 5.26 Å². The molecule has 1 aromatic rings. The molecule has 0 N–H and O–H groups in total. The van der Waals surface area contributed by atoms with Crippen molar-refractivity contribution >= 4 is 0 Å². The first-order valence-corrected chi connectivity index (χ1v) is 5.96. The van der Waals surface area contributed by atoms with Gasteiger partial charge in [0.25, 0.3) is 0 Å². The molecule has 0 amide bonds. The largest absolute Gasteiger partial charge is 0.198 e. The van der Waals surface area contributed by atoms with Crippen LogP contribution in [0.4, 0.5) is 0 Å². The van der Waals surface area contributed by atoms with E-state index in [1.165, 1.54) is 11.1 Å². The van der Waals surface area contributed by atoms with Gasteiger partial charge in [-0.25, -0.2) is 0 Å². The second-order valence-electron chi connectivity index (χ2n) is 6.02. The van der Waals surface area contributed by atoms with Crippen LogP contribution in [0, 0.1) is 16.7 Å². The second kappa shape index (κ2) is 3.63. The molecular formula is C15H19N. The van der Waals surface area contributed by atoms with E-state index in [9.17, 15) is 0 Å². The summed E-state index contributed by atoms with van der Waals surface area (Å²) in [5.74, 6) is 0. The molecule has 2 rings (SSSR count). The molecule has 1 saturated carbocycles. The van der Waals surface area contributed by atoms with Crippen molar-refractivity contribution < 1.29 is 0 Å². The minimum absolute atomic E-state index is 0.0246. The molecule has 0 unspecified atom stereocenters. The number of rotatable bonds is 2. The molecule has 1 nitrogen and oxygen atoms in total. The molecule has 0 aromatic heterocycles. The van der Waals surface area contributed by atoms with Crippen molar-refractivity contribution in [1.82, 2.24) is 0 Å². The highest BCUT2D eigenvalue weighted by Gasteiger charge is 2.42. The van der Waals surface area contributed by atoms with Gasteiger partial charge in [-0.3, -0.25) is 0 Å². The van der Waals surface area contributed by atoms with Crippen LogP contribution in [0.25, 0.3) is 0 Å². The Morgan fingerprint density at radius 3 is 2.12 bits per heavy atom. The van der Waals surface area contributed by atoms with Gasteiger partial charge in [-0.2, -0.15) is 5.26 Å². The summed E-state index contributed by atoms with van der Waals surface area (Å²) < 4.78 is 0. The van der Waals surface area contributed by atoms with Crippen LogP contribution in [0.2, 0.25) is 0 Å². The SMILES string of the molecule is CC(C)(C)c1ccc(CC2(C#N)CC2)cc1. The van der Waals surface area contributed by atoms with E-state index in [-0.39, 0.29) is 10.8 Å². The molecule has 0 bridgehead atoms. The molecule has 0 aliphatic heterocycles. The zero-order chi connectivity index (χ0) is 11.8. The zero-order valence-corrected chi connectivity index (χ0v) is 10.4. The summed E-state index contributed by atoms with van der Waals surface area (Å²) in [5.41, 5.74) is 2.85. The summed E-state index contributed by atoms with van der Waals surface area (Å²) in [6.07, 6.45) is 3.07. The Labute approximate surface area is 98.1 Å². The fourth-order valence-corrected chi connectivity index (χ4v) is 1.99. The van der Waals surface area contributed by atoms with Crippen LogP contribution in [-0.2, 0) is 11.8 Å². The number of nitriles is 1. The van der Waals surface area contributed by atoms with Gasteiger partial charge in [0, 0.05) is 0 Å². The Morgan fingerprint density at radius 1 is 1.19 bits per heavy atom. The van der Waals surface area contributed by atoms with Gasteiger partial charge < -0.3 is 0 Å². The molecule has 1 aliphatic carbocycles. The van der Waals surface area contributed by atoms with E-state index in [1.54, 1.807) is 0 Å². The molecule has 0 heterocycles. The molecule has 0 saturated heterocycles. The lowest BCUT2D eigenvalue weighted by Gasteiger charge is -2.19. The van der Waals surface area contributed by atoms with E-state index in [2.05, 4.69) is 51.1 Å². The molecule has 16 heavy (non-hydrogen) atoms. The maximum Gasteiger partial charge on any atom is 0.0693 e. The van der Waals surface area contributed by atoms with E-state index >= 15 is 0 Å². The number of hydrogen-bond acceptors (Lipinski definition) is 1. The minimum atomic E-state index is -0.0246. The number of nitrogens with zero attached hydrogens (tertiary/aromatic N) is 1. The Balaban J connectivity index is 2.12. The Bertz CT molecular complexity index is 410. The van der Waals surface area contributed by atoms with Crippen molar-refractivity contribution in [2.24, 2.45) is 5.41 Å². The van der Waals surface area contributed by atoms with E-state index in [0.29, 0.717) is 0 Å². The van der Waals surface area contributed by atoms with E-state index in [0.717, 1.165) is 19.3 Å². The van der Waals surface area contributed by atoms with Crippen molar-refractivity contribution in [3.8, 4) is 6.07 Å². The molecule has 0 spiro atoms. The van der Waals surface area contributed by atoms with Crippen LogP contribution in [0.1, 0.15) is 44.7 Å². The number of benzene rings is 1. The van der Waals surface area contributed by atoms with E-state index in [1.807, 2.05) is 0 Å². The lowest BCUT2D eigenvalue weighted by molar-refractivity contribution is 0.589. The summed E-state index contributed by atoms with van der Waals surface area (Å²) in [6, 6.07) is 11.2. The first kappa shape index (κ1) is 11.2.